The van der Waals surface area contributed by atoms with E-state index in [2.05, 4.69) is 5.16 Å². The zero-order valence-corrected chi connectivity index (χ0v) is 11.8. The van der Waals surface area contributed by atoms with Gasteiger partial charge in [0.25, 0.3) is 5.91 Å². The van der Waals surface area contributed by atoms with Crippen molar-refractivity contribution < 1.29 is 9.32 Å². The lowest BCUT2D eigenvalue weighted by Crippen LogP contribution is -2.29. The first kappa shape index (κ1) is 13.6. The van der Waals surface area contributed by atoms with Gasteiger partial charge in [-0.2, -0.15) is 0 Å². The number of hydrogen-bond acceptors (Lipinski definition) is 3. The van der Waals surface area contributed by atoms with E-state index in [9.17, 15) is 4.79 Å². The van der Waals surface area contributed by atoms with Crippen molar-refractivity contribution in [3.05, 3.63) is 52.4 Å². The maximum Gasteiger partial charge on any atom is 0.292 e. The largest absolute Gasteiger partial charge is 0.351 e. The summed E-state index contributed by atoms with van der Waals surface area (Å²) in [5, 5.41) is 4.40. The lowest BCUT2D eigenvalue weighted by atomic mass is 10.1. The highest BCUT2D eigenvalue weighted by molar-refractivity contribution is 6.30. The molecule has 4 nitrogen and oxygen atoms in total. The van der Waals surface area contributed by atoms with Crippen molar-refractivity contribution in [2.24, 2.45) is 0 Å². The Morgan fingerprint density at radius 3 is 2.53 bits per heavy atom. The molecule has 2 aromatic rings. The third-order valence-corrected chi connectivity index (χ3v) is 3.34. The number of aromatic nitrogens is 1. The van der Waals surface area contributed by atoms with Crippen LogP contribution in [0.1, 0.15) is 34.8 Å². The van der Waals surface area contributed by atoms with E-state index in [4.69, 9.17) is 16.1 Å². The Labute approximate surface area is 117 Å². The number of benzene rings is 1. The highest BCUT2D eigenvalue weighted by Crippen LogP contribution is 2.22. The molecule has 1 aromatic heterocycles. The quantitative estimate of drug-likeness (QED) is 0.864. The van der Waals surface area contributed by atoms with Gasteiger partial charge in [-0.05, 0) is 31.5 Å². The van der Waals surface area contributed by atoms with E-state index in [0.717, 1.165) is 5.56 Å². The number of aryl methyl sites for hydroxylation is 1. The molecule has 0 aliphatic heterocycles. The number of hydrogen-bond donors (Lipinski definition) is 0. The third kappa shape index (κ3) is 2.96. The van der Waals surface area contributed by atoms with Crippen LogP contribution < -0.4 is 0 Å². The SMILES string of the molecule is Cc1cc(C(=O)N(C)[C@@H](C)c2ccc(Cl)cc2)on1. The van der Waals surface area contributed by atoms with Gasteiger partial charge in [0, 0.05) is 18.1 Å². The minimum absolute atomic E-state index is 0.0739. The highest BCUT2D eigenvalue weighted by atomic mass is 35.5. The van der Waals surface area contributed by atoms with E-state index in [1.165, 1.54) is 0 Å². The van der Waals surface area contributed by atoms with Gasteiger partial charge in [0.2, 0.25) is 5.76 Å². The number of carbonyl (C=O) groups is 1. The number of rotatable bonds is 3. The van der Waals surface area contributed by atoms with Gasteiger partial charge in [-0.15, -0.1) is 0 Å². The summed E-state index contributed by atoms with van der Waals surface area (Å²) in [7, 11) is 1.74. The Kier molecular flexibility index (Phi) is 3.90. The molecule has 100 valence electrons. The molecule has 0 aliphatic carbocycles. The van der Waals surface area contributed by atoms with Gasteiger partial charge in [-0.25, -0.2) is 0 Å². The van der Waals surface area contributed by atoms with Gasteiger partial charge in [0.15, 0.2) is 0 Å². The van der Waals surface area contributed by atoms with Crippen LogP contribution in [0, 0.1) is 6.92 Å². The second-order valence-electron chi connectivity index (χ2n) is 4.48. The van der Waals surface area contributed by atoms with E-state index in [0.29, 0.717) is 10.7 Å². The Hall–Kier alpha value is -1.81. The van der Waals surface area contributed by atoms with Crippen LogP contribution in [-0.2, 0) is 0 Å². The average Bonchev–Trinajstić information content (AvgIpc) is 2.84. The molecule has 0 bridgehead atoms. The first-order valence-electron chi connectivity index (χ1n) is 5.95. The summed E-state index contributed by atoms with van der Waals surface area (Å²) in [6.45, 7) is 3.73. The van der Waals surface area contributed by atoms with Gasteiger partial charge < -0.3 is 9.42 Å². The normalized spacial score (nSPS) is 12.2. The molecule has 2 rings (SSSR count). The standard InChI is InChI=1S/C14H15ClN2O2/c1-9-8-13(19-16-9)14(18)17(3)10(2)11-4-6-12(15)7-5-11/h4-8,10H,1-3H3/t10-/m0/s1. The van der Waals surface area contributed by atoms with Crippen molar-refractivity contribution in [3.8, 4) is 0 Å². The van der Waals surface area contributed by atoms with E-state index >= 15 is 0 Å². The second-order valence-corrected chi connectivity index (χ2v) is 4.91. The van der Waals surface area contributed by atoms with Crippen LogP contribution in [-0.4, -0.2) is 23.0 Å². The number of carbonyl (C=O) groups excluding carboxylic acids is 1. The minimum Gasteiger partial charge on any atom is -0.351 e. The Morgan fingerprint density at radius 2 is 2.00 bits per heavy atom. The molecule has 0 unspecified atom stereocenters. The Morgan fingerprint density at radius 1 is 1.37 bits per heavy atom. The van der Waals surface area contributed by atoms with E-state index in [1.54, 1.807) is 24.9 Å². The van der Waals surface area contributed by atoms with Crippen molar-refractivity contribution in [1.29, 1.82) is 0 Å². The lowest BCUT2D eigenvalue weighted by Gasteiger charge is -2.24. The van der Waals surface area contributed by atoms with Crippen molar-refractivity contribution in [3.63, 3.8) is 0 Å². The first-order valence-corrected chi connectivity index (χ1v) is 6.33. The van der Waals surface area contributed by atoms with Crippen LogP contribution in [0.15, 0.2) is 34.9 Å². The fourth-order valence-corrected chi connectivity index (χ4v) is 1.90. The summed E-state index contributed by atoms with van der Waals surface area (Å²) in [6.07, 6.45) is 0. The maximum atomic E-state index is 12.2. The van der Waals surface area contributed by atoms with Crippen LogP contribution >= 0.6 is 11.6 Å². The van der Waals surface area contributed by atoms with Gasteiger partial charge >= 0.3 is 0 Å². The zero-order chi connectivity index (χ0) is 14.0. The molecule has 1 aromatic carbocycles. The molecule has 0 fully saturated rings. The number of halogens is 1. The molecular formula is C14H15ClN2O2. The van der Waals surface area contributed by atoms with Crippen LogP contribution in [0.3, 0.4) is 0 Å². The molecule has 0 saturated carbocycles. The van der Waals surface area contributed by atoms with Crippen molar-refractivity contribution in [2.75, 3.05) is 7.05 Å². The average molecular weight is 279 g/mol. The van der Waals surface area contributed by atoms with Crippen LogP contribution in [0.25, 0.3) is 0 Å². The van der Waals surface area contributed by atoms with E-state index in [1.807, 2.05) is 31.2 Å². The zero-order valence-electron chi connectivity index (χ0n) is 11.1. The molecule has 1 heterocycles. The van der Waals surface area contributed by atoms with E-state index in [-0.39, 0.29) is 17.7 Å². The van der Waals surface area contributed by atoms with Crippen LogP contribution in [0.4, 0.5) is 0 Å². The Bertz CT molecular complexity index is 577. The topological polar surface area (TPSA) is 46.3 Å². The minimum atomic E-state index is -0.192. The molecular weight excluding hydrogens is 264 g/mol. The predicted octanol–water partition coefficient (Wildman–Crippen LogP) is 3.47. The third-order valence-electron chi connectivity index (χ3n) is 3.09. The summed E-state index contributed by atoms with van der Waals surface area (Å²) < 4.78 is 4.99. The first-order chi connectivity index (χ1) is 8.99. The summed E-state index contributed by atoms with van der Waals surface area (Å²) in [6, 6.07) is 8.99. The summed E-state index contributed by atoms with van der Waals surface area (Å²) in [5.41, 5.74) is 1.70. The second kappa shape index (κ2) is 5.45. The number of nitrogens with zero attached hydrogens (tertiary/aromatic N) is 2. The molecule has 19 heavy (non-hydrogen) atoms. The van der Waals surface area contributed by atoms with Crippen molar-refractivity contribution in [2.45, 2.75) is 19.9 Å². The lowest BCUT2D eigenvalue weighted by molar-refractivity contribution is 0.0700. The van der Waals surface area contributed by atoms with Gasteiger partial charge in [0.05, 0.1) is 11.7 Å². The molecule has 1 amide bonds. The monoisotopic (exact) mass is 278 g/mol. The predicted molar refractivity (Wildman–Crippen MR) is 73.2 cm³/mol. The van der Waals surface area contributed by atoms with Gasteiger partial charge in [-0.1, -0.05) is 28.9 Å². The van der Waals surface area contributed by atoms with Crippen LogP contribution in [0.5, 0.6) is 0 Å². The van der Waals surface area contributed by atoms with Gasteiger partial charge in [0.1, 0.15) is 0 Å². The van der Waals surface area contributed by atoms with E-state index < -0.39 is 0 Å². The summed E-state index contributed by atoms with van der Waals surface area (Å²) >= 11 is 5.85. The molecule has 0 radical (unpaired) electrons. The fraction of sp³-hybridized carbons (Fsp3) is 0.286. The molecule has 0 N–H and O–H groups in total. The summed E-state index contributed by atoms with van der Waals surface area (Å²) in [5.74, 6) is 0.0591. The van der Waals surface area contributed by atoms with Crippen LogP contribution in [0.2, 0.25) is 5.02 Å². The highest BCUT2D eigenvalue weighted by Gasteiger charge is 2.22. The van der Waals surface area contributed by atoms with Gasteiger partial charge in [-0.3, -0.25) is 4.79 Å². The van der Waals surface area contributed by atoms with Crippen molar-refractivity contribution in [1.82, 2.24) is 10.1 Å². The maximum absolute atomic E-state index is 12.2. The van der Waals surface area contributed by atoms with Crippen molar-refractivity contribution >= 4 is 17.5 Å². The smallest absolute Gasteiger partial charge is 0.292 e. The molecule has 0 aliphatic rings. The summed E-state index contributed by atoms with van der Waals surface area (Å²) in [4.78, 5) is 13.8. The fourth-order valence-electron chi connectivity index (χ4n) is 1.78. The molecule has 0 spiro atoms. The molecule has 5 heteroatoms. The Balaban J connectivity index is 2.16. The molecule has 0 saturated heterocycles. The number of amides is 1. The molecule has 1 atom stereocenters.